The van der Waals surface area contributed by atoms with E-state index in [1.165, 1.54) is 12.5 Å². The van der Waals surface area contributed by atoms with E-state index >= 15 is 0 Å². The van der Waals surface area contributed by atoms with E-state index in [9.17, 15) is 19.5 Å². The fraction of sp³-hybridized carbons (Fsp3) is 0.720. The molecule has 0 aromatic carbocycles. The Morgan fingerprint density at radius 2 is 1.85 bits per heavy atom. The first-order valence-electron chi connectivity index (χ1n) is 12.0. The zero-order valence-electron chi connectivity index (χ0n) is 19.3. The number of ether oxygens (including phenoxy) is 4. The van der Waals surface area contributed by atoms with Crippen molar-refractivity contribution >= 4 is 17.7 Å². The minimum atomic E-state index is -1.19. The highest BCUT2D eigenvalue weighted by atomic mass is 16.7. The molecule has 9 heteroatoms. The van der Waals surface area contributed by atoms with Gasteiger partial charge in [-0.25, -0.2) is 4.79 Å². The molecule has 0 radical (unpaired) electrons. The molecule has 2 aliphatic carbocycles. The van der Waals surface area contributed by atoms with Crippen molar-refractivity contribution in [3.05, 3.63) is 24.2 Å². The van der Waals surface area contributed by atoms with E-state index in [1.807, 2.05) is 20.8 Å². The van der Waals surface area contributed by atoms with E-state index in [1.54, 1.807) is 6.07 Å². The van der Waals surface area contributed by atoms with E-state index in [0.717, 1.165) is 0 Å². The number of aliphatic hydroxyl groups excluding tert-OH is 1. The number of carbonyl (C=O) groups excluding carboxylic acids is 3. The van der Waals surface area contributed by atoms with Gasteiger partial charge < -0.3 is 28.5 Å². The minimum absolute atomic E-state index is 0.0103. The number of hydrogen-bond acceptors (Lipinski definition) is 9. The van der Waals surface area contributed by atoms with Crippen LogP contribution in [-0.4, -0.2) is 58.9 Å². The molecule has 2 saturated carbocycles. The second-order valence-corrected chi connectivity index (χ2v) is 11.7. The molecule has 6 aliphatic rings. The number of aliphatic hydroxyl groups is 1. The number of epoxide rings is 1. The molecular formula is C25H28O9. The van der Waals surface area contributed by atoms with Crippen molar-refractivity contribution in [2.75, 3.05) is 6.61 Å². The predicted molar refractivity (Wildman–Crippen MR) is 111 cm³/mol. The second kappa shape index (κ2) is 6.12. The van der Waals surface area contributed by atoms with Crippen molar-refractivity contribution in [2.45, 2.75) is 75.7 Å². The third-order valence-electron chi connectivity index (χ3n) is 10.2. The molecule has 0 amide bonds. The summed E-state index contributed by atoms with van der Waals surface area (Å²) in [6.45, 7) is 5.91. The average molecular weight is 472 g/mol. The Labute approximate surface area is 196 Å². The summed E-state index contributed by atoms with van der Waals surface area (Å²) in [5.41, 5.74) is -2.88. The van der Waals surface area contributed by atoms with Crippen molar-refractivity contribution < 1.29 is 42.9 Å². The molecule has 34 heavy (non-hydrogen) atoms. The Hall–Kier alpha value is -2.23. The molecule has 1 aromatic rings. The van der Waals surface area contributed by atoms with E-state index in [-0.39, 0.29) is 43.0 Å². The van der Waals surface area contributed by atoms with Gasteiger partial charge >= 0.3 is 11.9 Å². The number of fused-ring (bicyclic) bond motifs is 1. The van der Waals surface area contributed by atoms with Gasteiger partial charge in [-0.15, -0.1) is 0 Å². The average Bonchev–Trinajstić information content (AvgIpc) is 3.20. The zero-order chi connectivity index (χ0) is 23.8. The summed E-state index contributed by atoms with van der Waals surface area (Å²) in [7, 11) is 0. The Balaban J connectivity index is 1.40. The summed E-state index contributed by atoms with van der Waals surface area (Å²) in [5.74, 6) is -2.00. The van der Waals surface area contributed by atoms with Crippen molar-refractivity contribution in [2.24, 2.45) is 28.6 Å². The van der Waals surface area contributed by atoms with E-state index < -0.39 is 58.3 Å². The zero-order valence-corrected chi connectivity index (χ0v) is 19.3. The predicted octanol–water partition coefficient (Wildman–Crippen LogP) is 1.72. The lowest BCUT2D eigenvalue weighted by atomic mass is 9.41. The monoisotopic (exact) mass is 472 g/mol. The molecule has 0 bridgehead atoms. The first-order valence-corrected chi connectivity index (χ1v) is 12.0. The summed E-state index contributed by atoms with van der Waals surface area (Å²) >= 11 is 0. The number of esters is 2. The molecule has 5 heterocycles. The van der Waals surface area contributed by atoms with E-state index in [4.69, 9.17) is 23.4 Å². The highest BCUT2D eigenvalue weighted by molar-refractivity contribution is 5.90. The number of cyclic esters (lactones) is 2. The number of Topliss-reactive ketones (excluding diaryl/α,β-unsaturated/α-hetero) is 1. The normalized spacial score (nSPS) is 52.4. The number of hydrogen-bond donors (Lipinski definition) is 1. The van der Waals surface area contributed by atoms with Crippen molar-refractivity contribution in [3.63, 3.8) is 0 Å². The third kappa shape index (κ3) is 2.12. The Morgan fingerprint density at radius 3 is 2.59 bits per heavy atom. The van der Waals surface area contributed by atoms with Crippen molar-refractivity contribution in [3.8, 4) is 0 Å². The Morgan fingerprint density at radius 1 is 1.06 bits per heavy atom. The van der Waals surface area contributed by atoms with Gasteiger partial charge in [0.25, 0.3) is 0 Å². The first-order chi connectivity index (χ1) is 16.1. The molecule has 10 atom stereocenters. The summed E-state index contributed by atoms with van der Waals surface area (Å²) in [4.78, 5) is 39.2. The second-order valence-electron chi connectivity index (χ2n) is 11.7. The van der Waals surface area contributed by atoms with Gasteiger partial charge in [0.15, 0.2) is 6.10 Å². The highest BCUT2D eigenvalue weighted by Gasteiger charge is 2.87. The topological polar surface area (TPSA) is 125 Å². The van der Waals surface area contributed by atoms with Gasteiger partial charge in [0, 0.05) is 23.3 Å². The molecular weight excluding hydrogens is 444 g/mol. The van der Waals surface area contributed by atoms with Gasteiger partial charge in [0.05, 0.1) is 48.1 Å². The fourth-order valence-corrected chi connectivity index (χ4v) is 8.70. The molecule has 182 valence electrons. The van der Waals surface area contributed by atoms with Crippen LogP contribution in [0.5, 0.6) is 0 Å². The lowest BCUT2D eigenvalue weighted by Crippen LogP contribution is -2.71. The van der Waals surface area contributed by atoms with Crippen LogP contribution in [0.1, 0.15) is 51.7 Å². The molecule has 9 nitrogen and oxygen atoms in total. The minimum Gasteiger partial charge on any atom is -0.472 e. The highest BCUT2D eigenvalue weighted by Crippen LogP contribution is 2.75. The fourth-order valence-electron chi connectivity index (χ4n) is 8.70. The van der Waals surface area contributed by atoms with Gasteiger partial charge in [0.1, 0.15) is 24.1 Å². The number of ketones is 1. The van der Waals surface area contributed by atoms with Gasteiger partial charge in [-0.3, -0.25) is 9.59 Å². The summed E-state index contributed by atoms with van der Waals surface area (Å²) in [6, 6.07) is 1.71. The van der Waals surface area contributed by atoms with Crippen LogP contribution < -0.4 is 0 Å². The van der Waals surface area contributed by atoms with Crippen LogP contribution >= 0.6 is 0 Å². The van der Waals surface area contributed by atoms with E-state index in [2.05, 4.69) is 0 Å². The lowest BCUT2D eigenvalue weighted by molar-refractivity contribution is -0.229. The molecule has 2 spiro atoms. The Bertz CT molecular complexity index is 1110. The van der Waals surface area contributed by atoms with Crippen LogP contribution in [0.4, 0.5) is 0 Å². The standard InChI is InChI=1S/C25H28O9/c1-22(2)14-7-13(26)18-12(24(14)10-31-17(28)8-16(24)33-22)6-15(27)23(3)19(11-4-5-30-9-11)32-21(29)20-25(18,23)34-20/h4-5,9,12,14-16,18-20,27H,6-8,10H2,1-3H3/t12-,14-,15-,16+,18-,19-,20-,23-,24+,25+/m0/s1. The van der Waals surface area contributed by atoms with Crippen LogP contribution in [0, 0.1) is 28.6 Å². The van der Waals surface area contributed by atoms with Gasteiger partial charge in [-0.2, -0.15) is 0 Å². The lowest BCUT2D eigenvalue weighted by Gasteiger charge is -2.61. The Kier molecular flexibility index (Phi) is 3.79. The van der Waals surface area contributed by atoms with Crippen LogP contribution in [0.25, 0.3) is 0 Å². The molecule has 1 aromatic heterocycles. The molecule has 6 fully saturated rings. The maximum Gasteiger partial charge on any atom is 0.339 e. The summed E-state index contributed by atoms with van der Waals surface area (Å²) < 4.78 is 29.3. The van der Waals surface area contributed by atoms with E-state index in [0.29, 0.717) is 12.0 Å². The van der Waals surface area contributed by atoms with Gasteiger partial charge in [-0.05, 0) is 32.3 Å². The number of rotatable bonds is 1. The number of furan rings is 1. The number of carbonyl (C=O) groups is 3. The molecule has 4 aliphatic heterocycles. The quantitative estimate of drug-likeness (QED) is 0.480. The molecule has 7 rings (SSSR count). The maximum atomic E-state index is 13.9. The molecule has 4 saturated heterocycles. The van der Waals surface area contributed by atoms with Crippen LogP contribution in [-0.2, 0) is 33.3 Å². The van der Waals surface area contributed by atoms with Crippen LogP contribution in [0.3, 0.4) is 0 Å². The summed E-state index contributed by atoms with van der Waals surface area (Å²) in [5, 5.41) is 11.8. The maximum absolute atomic E-state index is 13.9. The summed E-state index contributed by atoms with van der Waals surface area (Å²) in [6.07, 6.45) is 0.562. The third-order valence-corrected chi connectivity index (χ3v) is 10.2. The van der Waals surface area contributed by atoms with Crippen LogP contribution in [0.15, 0.2) is 23.0 Å². The van der Waals surface area contributed by atoms with Crippen LogP contribution in [0.2, 0.25) is 0 Å². The first kappa shape index (κ1) is 21.1. The molecule has 1 N–H and O–H groups in total. The van der Waals surface area contributed by atoms with Gasteiger partial charge in [0.2, 0.25) is 0 Å². The molecule has 0 unspecified atom stereocenters. The van der Waals surface area contributed by atoms with Gasteiger partial charge in [-0.1, -0.05) is 6.92 Å². The van der Waals surface area contributed by atoms with Crippen molar-refractivity contribution in [1.82, 2.24) is 0 Å². The smallest absolute Gasteiger partial charge is 0.339 e. The van der Waals surface area contributed by atoms with Crippen molar-refractivity contribution in [1.29, 1.82) is 0 Å². The SMILES string of the molecule is CC1(C)O[C@@H]2CC(=O)OC[C@]23[C@H]2C[C@H](O)[C@@]4(C)[C@H](c5ccoc5)OC(=O)[C@@H]5O[C@]54[C@@H]2C(=O)C[C@@H]13. The largest absolute Gasteiger partial charge is 0.472 e.